The number of carbonyl (C=O) groups excluding carboxylic acids is 1. The van der Waals surface area contributed by atoms with Crippen molar-refractivity contribution >= 4 is 21.6 Å². The predicted octanol–water partition coefficient (Wildman–Crippen LogP) is 1.83. The van der Waals surface area contributed by atoms with Crippen LogP contribution in [0.25, 0.3) is 0 Å². The summed E-state index contributed by atoms with van der Waals surface area (Å²) < 4.78 is 11.3. The lowest BCUT2D eigenvalue weighted by atomic mass is 10.5. The molecule has 1 rings (SSSR count). The Balaban J connectivity index is 2.77. The average Bonchev–Trinajstić information content (AvgIpc) is 1.94. The SMILES string of the molecule is CC(=O)O[Si]1(C)CCCO[Si]1(C)C. The summed E-state index contributed by atoms with van der Waals surface area (Å²) in [5.74, 6) is -0.139. The lowest BCUT2D eigenvalue weighted by Crippen LogP contribution is -2.64. The first-order valence-corrected chi connectivity index (χ1v) is 11.2. The van der Waals surface area contributed by atoms with Crippen molar-refractivity contribution in [3.8, 4) is 0 Å². The molecule has 0 N–H and O–H groups in total. The zero-order valence-corrected chi connectivity index (χ0v) is 10.8. The van der Waals surface area contributed by atoms with Gasteiger partial charge in [0, 0.05) is 13.5 Å². The lowest BCUT2D eigenvalue weighted by Gasteiger charge is -2.42. The first-order valence-electron chi connectivity index (χ1n) is 4.71. The van der Waals surface area contributed by atoms with Gasteiger partial charge in [0.05, 0.1) is 0 Å². The van der Waals surface area contributed by atoms with Crippen molar-refractivity contribution in [3.63, 3.8) is 0 Å². The van der Waals surface area contributed by atoms with Gasteiger partial charge in [0.25, 0.3) is 13.8 Å². The van der Waals surface area contributed by atoms with E-state index in [-0.39, 0.29) is 5.97 Å². The van der Waals surface area contributed by atoms with Crippen LogP contribution in [-0.2, 0) is 13.6 Å². The fraction of sp³-hybridized carbons (Fsp3) is 0.875. The zero-order valence-electron chi connectivity index (χ0n) is 8.85. The number of carbonyl (C=O) groups is 1. The van der Waals surface area contributed by atoms with E-state index in [1.807, 2.05) is 0 Å². The molecule has 0 saturated carbocycles. The summed E-state index contributed by atoms with van der Waals surface area (Å²) in [5, 5.41) is 0. The molecule has 5 heteroatoms. The second-order valence-corrected chi connectivity index (χ2v) is 17.5. The molecule has 0 amide bonds. The molecule has 1 fully saturated rings. The van der Waals surface area contributed by atoms with Crippen molar-refractivity contribution in [1.29, 1.82) is 0 Å². The second kappa shape index (κ2) is 3.55. The summed E-state index contributed by atoms with van der Waals surface area (Å²) in [6, 6.07) is 1.08. The van der Waals surface area contributed by atoms with Crippen LogP contribution in [-0.4, -0.2) is 28.2 Å². The molecule has 1 aliphatic rings. The molecular weight excluding hydrogens is 200 g/mol. The number of rotatable bonds is 1. The first kappa shape index (κ1) is 10.9. The molecule has 13 heavy (non-hydrogen) atoms. The van der Waals surface area contributed by atoms with Gasteiger partial charge in [-0.1, -0.05) is 0 Å². The Kier molecular flexibility index (Phi) is 2.99. The largest absolute Gasteiger partial charge is 0.519 e. The highest BCUT2D eigenvalue weighted by atomic mass is 29.3. The van der Waals surface area contributed by atoms with Crippen molar-refractivity contribution in [2.45, 2.75) is 39.0 Å². The van der Waals surface area contributed by atoms with E-state index in [9.17, 15) is 4.79 Å². The highest BCUT2D eigenvalue weighted by Gasteiger charge is 2.53. The summed E-state index contributed by atoms with van der Waals surface area (Å²) >= 11 is 0. The molecule has 1 unspecified atom stereocenters. The molecule has 76 valence electrons. The van der Waals surface area contributed by atoms with Crippen molar-refractivity contribution in [2.75, 3.05) is 6.61 Å². The Bertz CT molecular complexity index is 217. The van der Waals surface area contributed by atoms with Gasteiger partial charge in [0.15, 0.2) is 0 Å². The van der Waals surface area contributed by atoms with Gasteiger partial charge in [-0.25, -0.2) is 0 Å². The molecule has 0 aromatic carbocycles. The molecule has 0 aromatic rings. The van der Waals surface area contributed by atoms with E-state index in [4.69, 9.17) is 8.85 Å². The maximum absolute atomic E-state index is 11.0. The minimum atomic E-state index is -1.86. The third-order valence-corrected chi connectivity index (χ3v) is 17.6. The molecular formula is C8H18O3Si2. The van der Waals surface area contributed by atoms with Crippen molar-refractivity contribution in [3.05, 3.63) is 0 Å². The fourth-order valence-corrected chi connectivity index (χ4v) is 9.77. The smallest absolute Gasteiger partial charge is 0.289 e. The predicted molar refractivity (Wildman–Crippen MR) is 56.2 cm³/mol. The minimum absolute atomic E-state index is 0.139. The van der Waals surface area contributed by atoms with E-state index in [2.05, 4.69) is 19.6 Å². The number of hydrogen-bond donors (Lipinski definition) is 0. The monoisotopic (exact) mass is 218 g/mol. The molecule has 0 bridgehead atoms. The van der Waals surface area contributed by atoms with Crippen molar-refractivity contribution in [2.24, 2.45) is 0 Å². The summed E-state index contributed by atoms with van der Waals surface area (Å²) in [6.45, 7) is 8.82. The quantitative estimate of drug-likeness (QED) is 0.630. The van der Waals surface area contributed by atoms with Crippen molar-refractivity contribution < 1.29 is 13.6 Å². The molecule has 3 nitrogen and oxygen atoms in total. The third kappa shape index (κ3) is 2.21. The molecule has 0 aliphatic carbocycles. The average molecular weight is 218 g/mol. The molecule has 0 radical (unpaired) electrons. The summed E-state index contributed by atoms with van der Waals surface area (Å²) in [4.78, 5) is 11.0. The van der Waals surface area contributed by atoms with Crippen LogP contribution in [0.2, 0.25) is 25.7 Å². The Labute approximate surface area is 81.5 Å². The van der Waals surface area contributed by atoms with Crippen LogP contribution in [0, 0.1) is 0 Å². The van der Waals surface area contributed by atoms with Gasteiger partial charge in [-0.05, 0) is 32.1 Å². The van der Waals surface area contributed by atoms with E-state index in [1.54, 1.807) is 0 Å². The highest BCUT2D eigenvalue weighted by molar-refractivity contribution is 7.36. The third-order valence-electron chi connectivity index (χ3n) is 2.90. The van der Waals surface area contributed by atoms with Crippen LogP contribution in [0.4, 0.5) is 0 Å². The summed E-state index contributed by atoms with van der Waals surface area (Å²) in [5.41, 5.74) is 0. The van der Waals surface area contributed by atoms with E-state index in [0.29, 0.717) is 0 Å². The van der Waals surface area contributed by atoms with Crippen LogP contribution in [0.5, 0.6) is 0 Å². The zero-order chi connectivity index (χ0) is 10.1. The minimum Gasteiger partial charge on any atom is -0.519 e. The van der Waals surface area contributed by atoms with Crippen LogP contribution in [0.3, 0.4) is 0 Å². The lowest BCUT2D eigenvalue weighted by molar-refractivity contribution is -0.132. The molecule has 1 atom stereocenters. The van der Waals surface area contributed by atoms with Crippen LogP contribution < -0.4 is 0 Å². The second-order valence-electron chi connectivity index (χ2n) is 4.29. The highest BCUT2D eigenvalue weighted by Crippen LogP contribution is 2.31. The molecule has 0 aromatic heterocycles. The molecule has 0 spiro atoms. The maximum Gasteiger partial charge on any atom is 0.289 e. The summed E-state index contributed by atoms with van der Waals surface area (Å²) in [7, 11) is -3.57. The van der Waals surface area contributed by atoms with Crippen LogP contribution in [0.1, 0.15) is 13.3 Å². The number of hydrogen-bond acceptors (Lipinski definition) is 3. The molecule has 1 heterocycles. The maximum atomic E-state index is 11.0. The van der Waals surface area contributed by atoms with Crippen molar-refractivity contribution in [1.82, 2.24) is 0 Å². The Morgan fingerprint density at radius 2 is 2.00 bits per heavy atom. The van der Waals surface area contributed by atoms with Crippen LogP contribution >= 0.6 is 0 Å². The molecule has 1 saturated heterocycles. The van der Waals surface area contributed by atoms with E-state index >= 15 is 0 Å². The van der Waals surface area contributed by atoms with Gasteiger partial charge in [-0.2, -0.15) is 0 Å². The fourth-order valence-electron chi connectivity index (χ4n) is 1.68. The summed E-state index contributed by atoms with van der Waals surface area (Å²) in [6.07, 6.45) is 1.05. The van der Waals surface area contributed by atoms with E-state index < -0.39 is 15.7 Å². The van der Waals surface area contributed by atoms with E-state index in [0.717, 1.165) is 19.1 Å². The Morgan fingerprint density at radius 3 is 2.46 bits per heavy atom. The standard InChI is InChI=1S/C8H18O3Si2/c1-8(9)11-13(4)7-5-6-10-12(13,2)3/h5-7H2,1-4H3. The Morgan fingerprint density at radius 1 is 1.38 bits per heavy atom. The molecule has 1 aliphatic heterocycles. The van der Waals surface area contributed by atoms with Gasteiger partial charge in [-0.15, -0.1) is 0 Å². The van der Waals surface area contributed by atoms with E-state index in [1.165, 1.54) is 6.92 Å². The Hall–Kier alpha value is -0.136. The van der Waals surface area contributed by atoms with Gasteiger partial charge >= 0.3 is 0 Å². The first-order chi connectivity index (χ1) is 5.87. The topological polar surface area (TPSA) is 35.5 Å². The van der Waals surface area contributed by atoms with Gasteiger partial charge < -0.3 is 8.85 Å². The normalized spacial score (nSPS) is 32.6. The van der Waals surface area contributed by atoms with Gasteiger partial charge in [0.1, 0.15) is 0 Å². The van der Waals surface area contributed by atoms with Gasteiger partial charge in [-0.3, -0.25) is 4.79 Å². The van der Waals surface area contributed by atoms with Crippen LogP contribution in [0.15, 0.2) is 0 Å². The van der Waals surface area contributed by atoms with Gasteiger partial charge in [0.2, 0.25) is 7.83 Å².